The smallest absolute Gasteiger partial charge is 0.134 e. The van der Waals surface area contributed by atoms with E-state index in [0.717, 1.165) is 28.0 Å². The third kappa shape index (κ3) is 4.58. The fraction of sp³-hybridized carbons (Fsp3) is 0.200. The molecule has 0 saturated heterocycles. The number of nitrogens with one attached hydrogen (secondary N) is 1. The first-order chi connectivity index (χ1) is 13.2. The molecule has 7 nitrogen and oxygen atoms in total. The van der Waals surface area contributed by atoms with Gasteiger partial charge in [0.25, 0.3) is 0 Å². The number of allylic oxidation sites excluding steroid dienone is 4. The van der Waals surface area contributed by atoms with Crippen molar-refractivity contribution in [3.8, 4) is 0 Å². The fourth-order valence-electron chi connectivity index (χ4n) is 2.73. The Morgan fingerprint density at radius 1 is 1.22 bits per heavy atom. The topological polar surface area (TPSA) is 98.3 Å². The number of nitrogens with two attached hydrogens (primary N) is 1. The number of rotatable bonds is 6. The molecular formula is C20H22N6O. The maximum absolute atomic E-state index is 6.17. The minimum absolute atomic E-state index is 0.394. The normalized spacial score (nSPS) is 16.3. The number of hydrogen-bond acceptors (Lipinski definition) is 6. The average Bonchev–Trinajstić information content (AvgIpc) is 2.73. The monoisotopic (exact) mass is 362 g/mol. The predicted molar refractivity (Wildman–Crippen MR) is 105 cm³/mol. The van der Waals surface area contributed by atoms with E-state index in [9.17, 15) is 0 Å². The van der Waals surface area contributed by atoms with E-state index in [1.54, 1.807) is 24.8 Å². The molecule has 0 atom stereocenters. The van der Waals surface area contributed by atoms with E-state index in [2.05, 4.69) is 25.3 Å². The Morgan fingerprint density at radius 3 is 2.70 bits per heavy atom. The Balaban J connectivity index is 2.03. The Kier molecular flexibility index (Phi) is 5.94. The summed E-state index contributed by atoms with van der Waals surface area (Å²) in [5, 5.41) is 3.14. The molecule has 1 aliphatic carbocycles. The summed E-state index contributed by atoms with van der Waals surface area (Å²) in [6, 6.07) is 3.70. The molecule has 2 heterocycles. The number of pyridine rings is 1. The number of ether oxygens (including phenoxy) is 1. The Bertz CT molecular complexity index is 901. The van der Waals surface area contributed by atoms with Crippen LogP contribution in [0.4, 0.5) is 0 Å². The molecule has 3 rings (SSSR count). The summed E-state index contributed by atoms with van der Waals surface area (Å²) in [6.45, 7) is 2.55. The zero-order chi connectivity index (χ0) is 19.1. The van der Waals surface area contributed by atoms with E-state index >= 15 is 0 Å². The van der Waals surface area contributed by atoms with Gasteiger partial charge in [-0.3, -0.25) is 4.98 Å². The quantitative estimate of drug-likeness (QED) is 0.605. The van der Waals surface area contributed by atoms with Gasteiger partial charge in [0.2, 0.25) is 0 Å². The summed E-state index contributed by atoms with van der Waals surface area (Å²) < 4.78 is 5.78. The predicted octanol–water partition coefficient (Wildman–Crippen LogP) is 2.42. The summed E-state index contributed by atoms with van der Waals surface area (Å²) in [7, 11) is 1.82. The van der Waals surface area contributed by atoms with Gasteiger partial charge in [0.1, 0.15) is 23.7 Å². The van der Waals surface area contributed by atoms with E-state index in [1.165, 1.54) is 6.33 Å². The van der Waals surface area contributed by atoms with Gasteiger partial charge in [-0.1, -0.05) is 0 Å². The molecule has 0 saturated carbocycles. The first kappa shape index (κ1) is 18.3. The van der Waals surface area contributed by atoms with Crippen molar-refractivity contribution in [1.82, 2.24) is 20.3 Å². The Morgan fingerprint density at radius 2 is 2.04 bits per heavy atom. The molecule has 7 heteroatoms. The van der Waals surface area contributed by atoms with Gasteiger partial charge < -0.3 is 15.8 Å². The van der Waals surface area contributed by atoms with Gasteiger partial charge in [-0.25, -0.2) is 15.0 Å². The number of amidine groups is 1. The van der Waals surface area contributed by atoms with Crippen LogP contribution in [0.25, 0.3) is 5.57 Å². The van der Waals surface area contributed by atoms with Crippen molar-refractivity contribution >= 4 is 11.4 Å². The summed E-state index contributed by atoms with van der Waals surface area (Å²) >= 11 is 0. The van der Waals surface area contributed by atoms with Crippen LogP contribution < -0.4 is 11.1 Å². The molecule has 2 aromatic heterocycles. The molecule has 0 amide bonds. The second-order valence-electron chi connectivity index (χ2n) is 5.81. The summed E-state index contributed by atoms with van der Waals surface area (Å²) in [4.78, 5) is 16.9. The number of nitrogens with zero attached hydrogens (tertiary/aromatic N) is 4. The highest BCUT2D eigenvalue weighted by Gasteiger charge is 2.16. The van der Waals surface area contributed by atoms with Crippen molar-refractivity contribution in [1.29, 1.82) is 0 Å². The molecular weight excluding hydrogens is 340 g/mol. The van der Waals surface area contributed by atoms with Crippen LogP contribution in [0.2, 0.25) is 0 Å². The van der Waals surface area contributed by atoms with E-state index in [1.807, 2.05) is 38.3 Å². The molecule has 0 spiro atoms. The second-order valence-corrected chi connectivity index (χ2v) is 5.81. The molecule has 138 valence electrons. The highest BCUT2D eigenvalue weighted by atomic mass is 16.5. The minimum atomic E-state index is 0.394. The Labute approximate surface area is 158 Å². The van der Waals surface area contributed by atoms with E-state index < -0.39 is 0 Å². The minimum Gasteiger partial charge on any atom is -0.498 e. The van der Waals surface area contributed by atoms with Crippen molar-refractivity contribution < 1.29 is 4.74 Å². The maximum atomic E-state index is 6.17. The number of aliphatic imine (C=N–C) groups is 1. The fourth-order valence-corrected chi connectivity index (χ4v) is 2.73. The van der Waals surface area contributed by atoms with Gasteiger partial charge in [-0.15, -0.1) is 0 Å². The second kappa shape index (κ2) is 8.75. The lowest BCUT2D eigenvalue weighted by Gasteiger charge is -2.18. The average molecular weight is 362 g/mol. The standard InChI is InChI=1S/C20H22N6O/c1-3-27-18-8-15(17-11-24-13-25-12-17)7-16(9-18)20(22-2)26-19(21)14-5-4-6-23-10-14/h4-8,10-13,22H,3,9H2,1-2H3,(H2,21,26)/b20-16-. The molecule has 0 aromatic carbocycles. The largest absolute Gasteiger partial charge is 0.498 e. The number of aromatic nitrogens is 3. The van der Waals surface area contributed by atoms with Crippen molar-refractivity contribution in [2.75, 3.05) is 13.7 Å². The van der Waals surface area contributed by atoms with E-state index in [0.29, 0.717) is 24.7 Å². The summed E-state index contributed by atoms with van der Waals surface area (Å²) in [5.41, 5.74) is 9.77. The van der Waals surface area contributed by atoms with Crippen LogP contribution in [0.15, 0.2) is 77.5 Å². The van der Waals surface area contributed by atoms with Crippen molar-refractivity contribution in [2.45, 2.75) is 13.3 Å². The van der Waals surface area contributed by atoms with Crippen molar-refractivity contribution in [3.63, 3.8) is 0 Å². The Hall–Kier alpha value is -3.48. The maximum Gasteiger partial charge on any atom is 0.134 e. The van der Waals surface area contributed by atoms with Gasteiger partial charge in [0.05, 0.1) is 6.61 Å². The first-order valence-corrected chi connectivity index (χ1v) is 8.67. The van der Waals surface area contributed by atoms with Crippen LogP contribution in [0, 0.1) is 0 Å². The molecule has 27 heavy (non-hydrogen) atoms. The van der Waals surface area contributed by atoms with E-state index in [4.69, 9.17) is 10.5 Å². The zero-order valence-corrected chi connectivity index (χ0v) is 15.4. The summed E-state index contributed by atoms with van der Waals surface area (Å²) in [6.07, 6.45) is 13.1. The van der Waals surface area contributed by atoms with Crippen LogP contribution in [0.5, 0.6) is 0 Å². The molecule has 0 radical (unpaired) electrons. The molecule has 1 aliphatic rings. The molecule has 0 aliphatic heterocycles. The lowest BCUT2D eigenvalue weighted by molar-refractivity contribution is 0.223. The van der Waals surface area contributed by atoms with Gasteiger partial charge in [-0.2, -0.15) is 0 Å². The third-order valence-electron chi connectivity index (χ3n) is 3.97. The van der Waals surface area contributed by atoms with Crippen LogP contribution in [-0.4, -0.2) is 34.4 Å². The lowest BCUT2D eigenvalue weighted by atomic mass is 9.96. The molecule has 0 unspecified atom stereocenters. The van der Waals surface area contributed by atoms with Crippen LogP contribution in [-0.2, 0) is 4.74 Å². The van der Waals surface area contributed by atoms with Crippen LogP contribution >= 0.6 is 0 Å². The van der Waals surface area contributed by atoms with Gasteiger partial charge >= 0.3 is 0 Å². The molecule has 0 fully saturated rings. The van der Waals surface area contributed by atoms with Crippen LogP contribution in [0.1, 0.15) is 24.5 Å². The number of hydrogen-bond donors (Lipinski definition) is 2. The van der Waals surface area contributed by atoms with Gasteiger partial charge in [0, 0.05) is 55.0 Å². The first-order valence-electron chi connectivity index (χ1n) is 8.67. The highest BCUT2D eigenvalue weighted by molar-refractivity contribution is 5.97. The van der Waals surface area contributed by atoms with Crippen LogP contribution in [0.3, 0.4) is 0 Å². The molecule has 2 aromatic rings. The molecule has 3 N–H and O–H groups in total. The highest BCUT2D eigenvalue weighted by Crippen LogP contribution is 2.30. The van der Waals surface area contributed by atoms with Gasteiger partial charge in [-0.05, 0) is 36.8 Å². The molecule has 0 bridgehead atoms. The van der Waals surface area contributed by atoms with Crippen molar-refractivity contribution in [3.05, 3.63) is 83.7 Å². The van der Waals surface area contributed by atoms with E-state index in [-0.39, 0.29) is 0 Å². The SMILES string of the molecule is CCOC1=CC(c2cncnc2)=C/C(=C(/N=C(N)c2cccnc2)NC)C1. The lowest BCUT2D eigenvalue weighted by Crippen LogP contribution is -2.18. The van der Waals surface area contributed by atoms with Gasteiger partial charge in [0.15, 0.2) is 0 Å². The third-order valence-corrected chi connectivity index (χ3v) is 3.97. The zero-order valence-electron chi connectivity index (χ0n) is 15.4. The van der Waals surface area contributed by atoms with Crippen molar-refractivity contribution in [2.24, 2.45) is 10.7 Å². The summed E-state index contributed by atoms with van der Waals surface area (Å²) in [5.74, 6) is 1.93.